The van der Waals surface area contributed by atoms with Crippen molar-refractivity contribution in [1.82, 2.24) is 20.2 Å². The maximum Gasteiger partial charge on any atom is 0.321 e. The summed E-state index contributed by atoms with van der Waals surface area (Å²) in [6, 6.07) is 6.62. The van der Waals surface area contributed by atoms with Gasteiger partial charge in [-0.1, -0.05) is 12.1 Å². The predicted molar refractivity (Wildman–Crippen MR) is 117 cm³/mol. The molecule has 0 aliphatic carbocycles. The summed E-state index contributed by atoms with van der Waals surface area (Å²) in [5, 5.41) is 14.0. The first-order chi connectivity index (χ1) is 16.0. The number of nitro benzene ring substituents is 1. The van der Waals surface area contributed by atoms with Crippen molar-refractivity contribution >= 4 is 29.5 Å². The Morgan fingerprint density at radius 3 is 2.55 bits per heavy atom. The van der Waals surface area contributed by atoms with Crippen LogP contribution in [0.5, 0.6) is 0 Å². The van der Waals surface area contributed by atoms with Gasteiger partial charge in [-0.25, -0.2) is 15.0 Å². The van der Waals surface area contributed by atoms with Gasteiger partial charge in [0.25, 0.3) is 5.69 Å². The number of carbonyl (C=O) groups excluding carboxylic acids is 2. The third kappa shape index (κ3) is 4.73. The van der Waals surface area contributed by atoms with Gasteiger partial charge in [0.2, 0.25) is 17.8 Å². The Bertz CT molecular complexity index is 1070. The van der Waals surface area contributed by atoms with Gasteiger partial charge < -0.3 is 14.5 Å². The molecule has 1 aromatic heterocycles. The molecule has 1 amide bonds. The van der Waals surface area contributed by atoms with Crippen LogP contribution in [0.25, 0.3) is 0 Å². The molecule has 1 aromatic carbocycles. The van der Waals surface area contributed by atoms with Crippen LogP contribution < -0.4 is 10.2 Å². The number of piperazine rings is 1. The second kappa shape index (κ2) is 9.59. The molecule has 2 aliphatic heterocycles. The highest BCUT2D eigenvalue weighted by Gasteiger charge is 2.42. The van der Waals surface area contributed by atoms with Crippen LogP contribution in [-0.4, -0.2) is 70.4 Å². The zero-order valence-electron chi connectivity index (χ0n) is 18.0. The summed E-state index contributed by atoms with van der Waals surface area (Å²) >= 11 is 0. The molecule has 2 aliphatic rings. The lowest BCUT2D eigenvalue weighted by atomic mass is 9.91. The van der Waals surface area contributed by atoms with Gasteiger partial charge in [-0.15, -0.1) is 0 Å². The van der Waals surface area contributed by atoms with Gasteiger partial charge in [0.1, 0.15) is 6.04 Å². The first-order valence-corrected chi connectivity index (χ1v) is 10.5. The molecular weight excluding hydrogens is 430 g/mol. The van der Waals surface area contributed by atoms with E-state index in [0.29, 0.717) is 43.7 Å². The Morgan fingerprint density at radius 2 is 1.88 bits per heavy atom. The number of nitrogens with zero attached hydrogens (tertiary/aromatic N) is 6. The first kappa shape index (κ1) is 22.1. The molecule has 0 saturated carbocycles. The van der Waals surface area contributed by atoms with E-state index in [0.717, 1.165) is 0 Å². The fourth-order valence-corrected chi connectivity index (χ4v) is 3.86. The topological polar surface area (TPSA) is 143 Å². The fraction of sp³-hybridized carbons (Fsp3) is 0.381. The van der Waals surface area contributed by atoms with Crippen molar-refractivity contribution in [1.29, 1.82) is 0 Å². The molecule has 0 spiro atoms. The summed E-state index contributed by atoms with van der Waals surface area (Å²) < 4.78 is 5.09. The number of ether oxygens (including phenoxy) is 1. The van der Waals surface area contributed by atoms with Crippen LogP contribution >= 0.6 is 0 Å². The summed E-state index contributed by atoms with van der Waals surface area (Å²) in [7, 11) is 0. The van der Waals surface area contributed by atoms with E-state index in [-0.39, 0.29) is 12.3 Å². The summed E-state index contributed by atoms with van der Waals surface area (Å²) in [5.74, 6) is -1.56. The average molecular weight is 453 g/mol. The molecule has 1 fully saturated rings. The van der Waals surface area contributed by atoms with Crippen molar-refractivity contribution in [3.05, 3.63) is 58.4 Å². The number of aliphatic imine (C=N–C) groups is 1. The molecule has 12 nitrogen and oxygen atoms in total. The van der Waals surface area contributed by atoms with Crippen molar-refractivity contribution in [2.24, 2.45) is 10.9 Å². The largest absolute Gasteiger partial charge is 0.465 e. The first-order valence-electron chi connectivity index (χ1n) is 10.5. The molecule has 2 aromatic rings. The third-order valence-electron chi connectivity index (χ3n) is 5.47. The number of amides is 1. The Morgan fingerprint density at radius 1 is 1.18 bits per heavy atom. The maximum atomic E-state index is 13.0. The van der Waals surface area contributed by atoms with Crippen LogP contribution in [0, 0.1) is 16.0 Å². The van der Waals surface area contributed by atoms with Gasteiger partial charge in [0.05, 0.1) is 11.5 Å². The number of nitrogens with one attached hydrogen (secondary N) is 1. The standard InChI is InChI=1S/C21H23N7O5/c1-2-33-19(30)16-17(14-5-3-6-15(13-14)28(31)32)24-21(25-18(16)29)27-11-9-26(10-12-27)20-22-7-4-8-23-20/h3-8,13,16-17H,2,9-12H2,1H3,(H,24,25,29)/t16-,17-/m1/s1. The van der Waals surface area contributed by atoms with E-state index < -0.39 is 28.8 Å². The number of aromatic nitrogens is 2. The van der Waals surface area contributed by atoms with Crippen LogP contribution in [0.4, 0.5) is 11.6 Å². The fourth-order valence-electron chi connectivity index (χ4n) is 3.86. The van der Waals surface area contributed by atoms with Crippen molar-refractivity contribution in [3.8, 4) is 0 Å². The molecule has 1 N–H and O–H groups in total. The number of non-ortho nitro benzene ring substituents is 1. The monoisotopic (exact) mass is 453 g/mol. The number of benzene rings is 1. The number of hydrogen-bond acceptors (Lipinski definition) is 10. The smallest absolute Gasteiger partial charge is 0.321 e. The zero-order chi connectivity index (χ0) is 23.4. The molecule has 0 unspecified atom stereocenters. The van der Waals surface area contributed by atoms with Crippen LogP contribution in [0.1, 0.15) is 18.5 Å². The van der Waals surface area contributed by atoms with Crippen molar-refractivity contribution < 1.29 is 19.2 Å². The van der Waals surface area contributed by atoms with Gasteiger partial charge >= 0.3 is 5.97 Å². The molecule has 1 saturated heterocycles. The highest BCUT2D eigenvalue weighted by atomic mass is 16.6. The molecule has 12 heteroatoms. The van der Waals surface area contributed by atoms with E-state index >= 15 is 0 Å². The van der Waals surface area contributed by atoms with Crippen LogP contribution in [0.15, 0.2) is 47.7 Å². The lowest BCUT2D eigenvalue weighted by molar-refractivity contribution is -0.384. The maximum absolute atomic E-state index is 13.0. The van der Waals surface area contributed by atoms with Gasteiger partial charge in [0.15, 0.2) is 5.92 Å². The highest BCUT2D eigenvalue weighted by molar-refractivity contribution is 6.08. The highest BCUT2D eigenvalue weighted by Crippen LogP contribution is 2.32. The van der Waals surface area contributed by atoms with Gasteiger partial charge in [-0.3, -0.25) is 25.0 Å². The molecule has 172 valence electrons. The molecule has 0 bridgehead atoms. The minimum atomic E-state index is -1.24. The van der Waals surface area contributed by atoms with Gasteiger partial charge in [0, 0.05) is 50.7 Å². The number of hydrogen-bond donors (Lipinski definition) is 1. The molecule has 33 heavy (non-hydrogen) atoms. The minimum Gasteiger partial charge on any atom is -0.465 e. The Kier molecular flexibility index (Phi) is 6.43. The molecular formula is C21H23N7O5. The normalized spacial score (nSPS) is 20.6. The van der Waals surface area contributed by atoms with E-state index in [1.807, 2.05) is 9.80 Å². The van der Waals surface area contributed by atoms with Gasteiger partial charge in [-0.2, -0.15) is 0 Å². The average Bonchev–Trinajstić information content (AvgIpc) is 2.84. The third-order valence-corrected chi connectivity index (χ3v) is 5.47. The van der Waals surface area contributed by atoms with Crippen molar-refractivity contribution in [2.75, 3.05) is 37.7 Å². The summed E-state index contributed by atoms with van der Waals surface area (Å²) in [5.41, 5.74) is 0.250. The second-order valence-corrected chi connectivity index (χ2v) is 7.49. The predicted octanol–water partition coefficient (Wildman–Crippen LogP) is 0.913. The number of carbonyl (C=O) groups is 2. The summed E-state index contributed by atoms with van der Waals surface area (Å²) in [4.78, 5) is 53.4. The number of nitro groups is 1. The quantitative estimate of drug-likeness (QED) is 0.302. The van der Waals surface area contributed by atoms with Crippen LogP contribution in [0.3, 0.4) is 0 Å². The lowest BCUT2D eigenvalue weighted by Gasteiger charge is -2.38. The number of guanidine groups is 1. The van der Waals surface area contributed by atoms with E-state index in [4.69, 9.17) is 4.74 Å². The van der Waals surface area contributed by atoms with Crippen molar-refractivity contribution in [2.45, 2.75) is 13.0 Å². The van der Waals surface area contributed by atoms with E-state index in [1.165, 1.54) is 18.2 Å². The zero-order valence-corrected chi connectivity index (χ0v) is 18.0. The minimum absolute atomic E-state index is 0.102. The van der Waals surface area contributed by atoms with Gasteiger partial charge in [-0.05, 0) is 18.6 Å². The van der Waals surface area contributed by atoms with Crippen molar-refractivity contribution in [3.63, 3.8) is 0 Å². The molecule has 0 radical (unpaired) electrons. The van der Waals surface area contributed by atoms with Crippen LogP contribution in [0.2, 0.25) is 0 Å². The molecule has 2 atom stereocenters. The lowest BCUT2D eigenvalue weighted by Crippen LogP contribution is -2.57. The Labute approximate surface area is 189 Å². The number of esters is 1. The van der Waals surface area contributed by atoms with E-state index in [9.17, 15) is 19.7 Å². The SMILES string of the molecule is CCOC(=O)[C@H]1C(=O)NC(N2CCN(c3ncccn3)CC2)=N[C@@H]1c1cccc([N+](=O)[O-])c1. The second-order valence-electron chi connectivity index (χ2n) is 7.49. The summed E-state index contributed by atoms with van der Waals surface area (Å²) in [6.07, 6.45) is 3.36. The molecule has 4 rings (SSSR count). The Balaban J connectivity index is 1.60. The summed E-state index contributed by atoms with van der Waals surface area (Å²) in [6.45, 7) is 4.06. The number of rotatable bonds is 5. The number of anilines is 1. The van der Waals surface area contributed by atoms with E-state index in [2.05, 4.69) is 20.3 Å². The van der Waals surface area contributed by atoms with E-state index in [1.54, 1.807) is 31.5 Å². The van der Waals surface area contributed by atoms with Crippen LogP contribution in [-0.2, 0) is 14.3 Å². The molecule has 3 heterocycles. The Hall–Kier alpha value is -4.09.